The van der Waals surface area contributed by atoms with E-state index in [0.29, 0.717) is 22.6 Å². The quantitative estimate of drug-likeness (QED) is 0.428. The van der Waals surface area contributed by atoms with Crippen molar-refractivity contribution in [3.63, 3.8) is 0 Å². The molecule has 0 spiro atoms. The van der Waals surface area contributed by atoms with Crippen LogP contribution in [0.4, 0.5) is 0 Å². The van der Waals surface area contributed by atoms with Crippen LogP contribution in [-0.2, 0) is 11.3 Å². The van der Waals surface area contributed by atoms with Crippen LogP contribution in [0.3, 0.4) is 0 Å². The van der Waals surface area contributed by atoms with Crippen molar-refractivity contribution in [1.82, 2.24) is 14.5 Å². The fraction of sp³-hybridized carbons (Fsp3) is 0.435. The number of rotatable bonds is 6. The van der Waals surface area contributed by atoms with Gasteiger partial charge < -0.3 is 9.32 Å². The number of benzene rings is 1. The van der Waals surface area contributed by atoms with Crippen LogP contribution in [0.1, 0.15) is 49.7 Å². The predicted molar refractivity (Wildman–Crippen MR) is 119 cm³/mol. The Bertz CT molecular complexity index is 1100. The normalized spacial score (nSPS) is 14.9. The van der Waals surface area contributed by atoms with E-state index in [1.807, 2.05) is 47.9 Å². The number of carbonyl (C=O) groups excluding carboxylic acids is 1. The van der Waals surface area contributed by atoms with E-state index in [1.54, 1.807) is 11.9 Å². The van der Waals surface area contributed by atoms with Crippen LogP contribution in [0.5, 0.6) is 0 Å². The first-order chi connectivity index (χ1) is 14.5. The summed E-state index contributed by atoms with van der Waals surface area (Å²) >= 11 is 1.35. The number of nitrogens with zero attached hydrogens (tertiary/aromatic N) is 3. The molecule has 1 fully saturated rings. The van der Waals surface area contributed by atoms with E-state index in [9.17, 15) is 9.59 Å². The maximum absolute atomic E-state index is 13.3. The number of hydrogen-bond acceptors (Lipinski definition) is 5. The van der Waals surface area contributed by atoms with E-state index >= 15 is 0 Å². The third-order valence-corrected chi connectivity index (χ3v) is 6.59. The fourth-order valence-electron chi connectivity index (χ4n) is 4.02. The van der Waals surface area contributed by atoms with Crippen LogP contribution in [0, 0.1) is 6.92 Å². The highest BCUT2D eigenvalue weighted by atomic mass is 32.2. The molecule has 1 aromatic carbocycles. The van der Waals surface area contributed by atoms with Gasteiger partial charge in [0.25, 0.3) is 5.56 Å². The maximum atomic E-state index is 13.3. The van der Waals surface area contributed by atoms with E-state index in [1.165, 1.54) is 18.2 Å². The van der Waals surface area contributed by atoms with Crippen molar-refractivity contribution >= 4 is 28.6 Å². The van der Waals surface area contributed by atoms with Crippen molar-refractivity contribution in [2.45, 2.75) is 56.8 Å². The van der Waals surface area contributed by atoms with Gasteiger partial charge in [0.05, 0.1) is 23.2 Å². The van der Waals surface area contributed by atoms with E-state index < -0.39 is 0 Å². The summed E-state index contributed by atoms with van der Waals surface area (Å²) in [6, 6.07) is 11.4. The SMILES string of the molecule is Cc1ccc(CN(C)C(=O)CSc2nc3ccccc3c(=O)n2C2CCCCC2)o1. The fourth-order valence-corrected chi connectivity index (χ4v) is 5.02. The minimum absolute atomic E-state index is 0.00173. The van der Waals surface area contributed by atoms with Crippen LogP contribution < -0.4 is 5.56 Å². The molecule has 158 valence electrons. The first-order valence-corrected chi connectivity index (χ1v) is 11.4. The topological polar surface area (TPSA) is 68.3 Å². The Kier molecular flexibility index (Phi) is 6.27. The number of amides is 1. The van der Waals surface area contributed by atoms with Crippen molar-refractivity contribution in [1.29, 1.82) is 0 Å². The number of carbonyl (C=O) groups is 1. The Labute approximate surface area is 180 Å². The predicted octanol–water partition coefficient (Wildman–Crippen LogP) is 4.55. The summed E-state index contributed by atoms with van der Waals surface area (Å²) in [6.45, 7) is 2.31. The summed E-state index contributed by atoms with van der Waals surface area (Å²) in [5.74, 6) is 1.80. The highest BCUT2D eigenvalue weighted by molar-refractivity contribution is 7.99. The lowest BCUT2D eigenvalue weighted by molar-refractivity contribution is -0.127. The molecule has 4 rings (SSSR count). The maximum Gasteiger partial charge on any atom is 0.262 e. The van der Waals surface area contributed by atoms with Gasteiger partial charge in [0.15, 0.2) is 5.16 Å². The van der Waals surface area contributed by atoms with Gasteiger partial charge in [-0.05, 0) is 44.0 Å². The second kappa shape index (κ2) is 9.08. The number of furan rings is 1. The molecule has 1 aliphatic rings. The number of para-hydroxylation sites is 1. The summed E-state index contributed by atoms with van der Waals surface area (Å²) in [5, 5.41) is 1.28. The molecule has 0 atom stereocenters. The Hall–Kier alpha value is -2.54. The van der Waals surface area contributed by atoms with Crippen LogP contribution in [0.15, 0.2) is 50.8 Å². The molecule has 0 bridgehead atoms. The van der Waals surface area contributed by atoms with Gasteiger partial charge in [-0.3, -0.25) is 14.2 Å². The molecule has 0 aliphatic heterocycles. The molecule has 0 saturated heterocycles. The highest BCUT2D eigenvalue weighted by Crippen LogP contribution is 2.31. The molecule has 6 nitrogen and oxygen atoms in total. The number of aryl methyl sites for hydroxylation is 1. The molecule has 7 heteroatoms. The van der Waals surface area contributed by atoms with Gasteiger partial charge in [-0.15, -0.1) is 0 Å². The molecule has 1 aliphatic carbocycles. The van der Waals surface area contributed by atoms with Crippen LogP contribution in [0.2, 0.25) is 0 Å². The van der Waals surface area contributed by atoms with Gasteiger partial charge in [0.1, 0.15) is 11.5 Å². The molecule has 30 heavy (non-hydrogen) atoms. The summed E-state index contributed by atoms with van der Waals surface area (Å²) in [5.41, 5.74) is 0.686. The summed E-state index contributed by atoms with van der Waals surface area (Å²) in [6.07, 6.45) is 5.43. The van der Waals surface area contributed by atoms with Gasteiger partial charge >= 0.3 is 0 Å². The van der Waals surface area contributed by atoms with Gasteiger partial charge in [0, 0.05) is 13.1 Å². The summed E-state index contributed by atoms with van der Waals surface area (Å²) in [7, 11) is 1.77. The number of fused-ring (bicyclic) bond motifs is 1. The minimum atomic E-state index is -0.0216. The first-order valence-electron chi connectivity index (χ1n) is 10.5. The van der Waals surface area contributed by atoms with E-state index in [4.69, 9.17) is 9.40 Å². The number of thioether (sulfide) groups is 1. The Morgan fingerprint density at radius 3 is 2.70 bits per heavy atom. The molecule has 2 aromatic heterocycles. The Morgan fingerprint density at radius 2 is 1.97 bits per heavy atom. The van der Waals surface area contributed by atoms with Gasteiger partial charge in [0.2, 0.25) is 5.91 Å². The van der Waals surface area contributed by atoms with Crippen LogP contribution in [-0.4, -0.2) is 33.2 Å². The number of aromatic nitrogens is 2. The van der Waals surface area contributed by atoms with Crippen molar-refractivity contribution in [2.75, 3.05) is 12.8 Å². The largest absolute Gasteiger partial charge is 0.464 e. The van der Waals surface area contributed by atoms with Crippen molar-refractivity contribution in [3.05, 3.63) is 58.3 Å². The lowest BCUT2D eigenvalue weighted by Crippen LogP contribution is -2.30. The van der Waals surface area contributed by atoms with Gasteiger partial charge in [-0.2, -0.15) is 0 Å². The third kappa shape index (κ3) is 4.46. The molecule has 0 N–H and O–H groups in total. The van der Waals surface area contributed by atoms with Gasteiger partial charge in [-0.25, -0.2) is 4.98 Å². The molecule has 1 saturated carbocycles. The molecule has 1 amide bonds. The molecular formula is C23H27N3O3S. The van der Waals surface area contributed by atoms with E-state index in [-0.39, 0.29) is 23.3 Å². The first kappa shape index (κ1) is 20.7. The lowest BCUT2D eigenvalue weighted by atomic mass is 9.95. The van der Waals surface area contributed by atoms with E-state index in [0.717, 1.165) is 37.2 Å². The summed E-state index contributed by atoms with van der Waals surface area (Å²) in [4.78, 5) is 32.4. The Morgan fingerprint density at radius 1 is 1.20 bits per heavy atom. The molecule has 3 aromatic rings. The average Bonchev–Trinajstić information content (AvgIpc) is 3.17. The summed E-state index contributed by atoms with van der Waals surface area (Å²) < 4.78 is 7.41. The standard InChI is InChI=1S/C23H27N3O3S/c1-16-12-13-18(29-16)14-25(2)21(27)15-30-23-24-20-11-7-6-10-19(20)22(28)26(23)17-8-4-3-5-9-17/h6-7,10-13,17H,3-5,8-9,14-15H2,1-2H3. The average molecular weight is 426 g/mol. The zero-order chi connectivity index (χ0) is 21.1. The van der Waals surface area contributed by atoms with E-state index in [2.05, 4.69) is 0 Å². The smallest absolute Gasteiger partial charge is 0.262 e. The zero-order valence-corrected chi connectivity index (χ0v) is 18.3. The third-order valence-electron chi connectivity index (χ3n) is 5.65. The van der Waals surface area contributed by atoms with Crippen LogP contribution >= 0.6 is 11.8 Å². The van der Waals surface area contributed by atoms with Crippen molar-refractivity contribution in [2.24, 2.45) is 0 Å². The monoisotopic (exact) mass is 425 g/mol. The second-order valence-electron chi connectivity index (χ2n) is 7.93. The van der Waals surface area contributed by atoms with Gasteiger partial charge in [-0.1, -0.05) is 43.2 Å². The molecular weight excluding hydrogens is 398 g/mol. The minimum Gasteiger partial charge on any atom is -0.464 e. The number of hydrogen-bond donors (Lipinski definition) is 0. The van der Waals surface area contributed by atoms with Crippen molar-refractivity contribution < 1.29 is 9.21 Å². The molecule has 0 radical (unpaired) electrons. The Balaban J connectivity index is 1.56. The lowest BCUT2D eigenvalue weighted by Gasteiger charge is -2.26. The molecule has 0 unspecified atom stereocenters. The molecule has 2 heterocycles. The van der Waals surface area contributed by atoms with Crippen LogP contribution in [0.25, 0.3) is 10.9 Å². The zero-order valence-electron chi connectivity index (χ0n) is 17.5. The second-order valence-corrected chi connectivity index (χ2v) is 8.87. The van der Waals surface area contributed by atoms with Crippen molar-refractivity contribution in [3.8, 4) is 0 Å². The highest BCUT2D eigenvalue weighted by Gasteiger charge is 2.23.